The number of hydrogen-bond acceptors (Lipinski definition) is 4. The van der Waals surface area contributed by atoms with Gasteiger partial charge in [0, 0.05) is 12.6 Å². The molecule has 21 heavy (non-hydrogen) atoms. The molecule has 0 radical (unpaired) electrons. The van der Waals surface area contributed by atoms with E-state index in [0.29, 0.717) is 18.7 Å². The molecule has 0 saturated carbocycles. The summed E-state index contributed by atoms with van der Waals surface area (Å²) in [7, 11) is 0. The van der Waals surface area contributed by atoms with Gasteiger partial charge in [0.25, 0.3) is 5.91 Å². The largest absolute Gasteiger partial charge is 0.487 e. The zero-order valence-electron chi connectivity index (χ0n) is 11.6. The molecule has 1 amide bonds. The number of thioether (sulfide) groups is 1. The molecule has 1 N–H and O–H groups in total. The number of carbonyl (C=O) groups excluding carboxylic acids is 2. The third-order valence-electron chi connectivity index (χ3n) is 2.91. The van der Waals surface area contributed by atoms with Gasteiger partial charge in [-0.15, -0.1) is 6.58 Å². The van der Waals surface area contributed by atoms with Gasteiger partial charge in [-0.3, -0.25) is 9.59 Å². The standard InChI is InChI=1S/C16H17NO3S/c1-2-8-17-15(18)11-20-13-10-16(19)21-14(13)9-12-6-4-3-5-7-12/h2-7,10,14H,1,8-9,11H2,(H,17,18). The summed E-state index contributed by atoms with van der Waals surface area (Å²) in [6.45, 7) is 3.84. The predicted octanol–water partition coefficient (Wildman–Crippen LogP) is 2.07. The van der Waals surface area contributed by atoms with Gasteiger partial charge in [-0.05, 0) is 12.0 Å². The first-order valence-electron chi connectivity index (χ1n) is 6.65. The number of benzene rings is 1. The minimum atomic E-state index is -0.224. The summed E-state index contributed by atoms with van der Waals surface area (Å²) >= 11 is 1.23. The Morgan fingerprint density at radius 3 is 2.86 bits per heavy atom. The Labute approximate surface area is 128 Å². The minimum Gasteiger partial charge on any atom is -0.487 e. The summed E-state index contributed by atoms with van der Waals surface area (Å²) in [4.78, 5) is 23.1. The Morgan fingerprint density at radius 1 is 1.38 bits per heavy atom. The molecule has 0 bridgehead atoms. The second-order valence-corrected chi connectivity index (χ2v) is 5.75. The van der Waals surface area contributed by atoms with Gasteiger partial charge >= 0.3 is 0 Å². The van der Waals surface area contributed by atoms with Crippen molar-refractivity contribution in [1.82, 2.24) is 5.32 Å². The Morgan fingerprint density at radius 2 is 2.14 bits per heavy atom. The highest BCUT2D eigenvalue weighted by Gasteiger charge is 2.27. The van der Waals surface area contributed by atoms with Crippen molar-refractivity contribution in [2.45, 2.75) is 11.7 Å². The maximum atomic E-state index is 11.6. The van der Waals surface area contributed by atoms with Gasteiger partial charge < -0.3 is 10.1 Å². The van der Waals surface area contributed by atoms with Crippen LogP contribution in [-0.4, -0.2) is 29.4 Å². The Bertz CT molecular complexity index is 554. The van der Waals surface area contributed by atoms with Crippen LogP contribution in [-0.2, 0) is 20.7 Å². The van der Waals surface area contributed by atoms with Crippen LogP contribution in [0.1, 0.15) is 5.56 Å². The smallest absolute Gasteiger partial charge is 0.258 e. The first kappa shape index (κ1) is 15.4. The van der Waals surface area contributed by atoms with E-state index in [4.69, 9.17) is 4.74 Å². The highest BCUT2D eigenvalue weighted by molar-refractivity contribution is 8.15. The lowest BCUT2D eigenvalue weighted by molar-refractivity contribution is -0.124. The van der Waals surface area contributed by atoms with Crippen LogP contribution >= 0.6 is 11.8 Å². The van der Waals surface area contributed by atoms with E-state index >= 15 is 0 Å². The molecule has 0 aromatic heterocycles. The molecule has 5 heteroatoms. The first-order chi connectivity index (χ1) is 10.2. The lowest BCUT2D eigenvalue weighted by Gasteiger charge is -2.14. The summed E-state index contributed by atoms with van der Waals surface area (Å²) < 4.78 is 5.49. The molecule has 1 heterocycles. The van der Waals surface area contributed by atoms with Crippen molar-refractivity contribution in [1.29, 1.82) is 0 Å². The molecule has 0 saturated heterocycles. The average Bonchev–Trinajstić information content (AvgIpc) is 2.83. The normalized spacial score (nSPS) is 17.2. The summed E-state index contributed by atoms with van der Waals surface area (Å²) in [5, 5.41) is 2.54. The van der Waals surface area contributed by atoms with Gasteiger partial charge in [0.05, 0.1) is 5.25 Å². The highest BCUT2D eigenvalue weighted by atomic mass is 32.2. The number of amides is 1. The van der Waals surface area contributed by atoms with Gasteiger partial charge in [0.15, 0.2) is 6.61 Å². The van der Waals surface area contributed by atoms with Gasteiger partial charge in [-0.1, -0.05) is 48.2 Å². The zero-order valence-corrected chi connectivity index (χ0v) is 12.4. The van der Waals surface area contributed by atoms with Crippen molar-refractivity contribution in [3.63, 3.8) is 0 Å². The van der Waals surface area contributed by atoms with Gasteiger partial charge in [-0.2, -0.15) is 0 Å². The van der Waals surface area contributed by atoms with Crippen LogP contribution < -0.4 is 5.32 Å². The highest BCUT2D eigenvalue weighted by Crippen LogP contribution is 2.31. The molecule has 1 atom stereocenters. The van der Waals surface area contributed by atoms with Gasteiger partial charge in [0.1, 0.15) is 5.76 Å². The molecule has 0 fully saturated rings. The second-order valence-electron chi connectivity index (χ2n) is 4.54. The SMILES string of the molecule is C=CCNC(=O)COC1=CC(=O)SC1Cc1ccccc1. The molecular formula is C16H17NO3S. The maximum absolute atomic E-state index is 11.6. The monoisotopic (exact) mass is 303 g/mol. The van der Waals surface area contributed by atoms with Crippen LogP contribution in [0, 0.1) is 0 Å². The minimum absolute atomic E-state index is 0.0302. The van der Waals surface area contributed by atoms with Crippen molar-refractivity contribution in [2.24, 2.45) is 0 Å². The number of carbonyl (C=O) groups is 2. The number of hydrogen-bond donors (Lipinski definition) is 1. The van der Waals surface area contributed by atoms with Crippen LogP contribution in [0.3, 0.4) is 0 Å². The van der Waals surface area contributed by atoms with Gasteiger partial charge in [-0.25, -0.2) is 0 Å². The maximum Gasteiger partial charge on any atom is 0.258 e. The molecule has 1 aromatic carbocycles. The number of nitrogens with one attached hydrogen (secondary N) is 1. The molecule has 1 aromatic rings. The van der Waals surface area contributed by atoms with Crippen LogP contribution in [0.4, 0.5) is 0 Å². The number of rotatable bonds is 7. The van der Waals surface area contributed by atoms with E-state index < -0.39 is 0 Å². The molecule has 4 nitrogen and oxygen atoms in total. The van der Waals surface area contributed by atoms with E-state index in [1.54, 1.807) is 6.08 Å². The Balaban J connectivity index is 1.90. The third kappa shape index (κ3) is 4.79. The van der Waals surface area contributed by atoms with E-state index in [0.717, 1.165) is 5.56 Å². The molecule has 1 aliphatic rings. The van der Waals surface area contributed by atoms with E-state index in [1.807, 2.05) is 30.3 Å². The van der Waals surface area contributed by atoms with Crippen LogP contribution in [0.15, 0.2) is 54.8 Å². The van der Waals surface area contributed by atoms with Crippen LogP contribution in [0.2, 0.25) is 0 Å². The van der Waals surface area contributed by atoms with E-state index in [1.165, 1.54) is 17.8 Å². The third-order valence-corrected chi connectivity index (χ3v) is 3.95. The van der Waals surface area contributed by atoms with Crippen molar-refractivity contribution >= 4 is 22.8 Å². The zero-order chi connectivity index (χ0) is 15.1. The fourth-order valence-corrected chi connectivity index (χ4v) is 2.93. The summed E-state index contributed by atoms with van der Waals surface area (Å²) in [6.07, 6.45) is 3.78. The Kier molecular flexibility index (Phi) is 5.63. The molecular weight excluding hydrogens is 286 g/mol. The second kappa shape index (κ2) is 7.69. The molecule has 0 spiro atoms. The lowest BCUT2D eigenvalue weighted by atomic mass is 10.1. The van der Waals surface area contributed by atoms with Crippen molar-refractivity contribution in [3.05, 3.63) is 60.4 Å². The summed E-state index contributed by atoms with van der Waals surface area (Å²) in [5.74, 6) is 0.348. The van der Waals surface area contributed by atoms with Crippen molar-refractivity contribution in [3.8, 4) is 0 Å². The lowest BCUT2D eigenvalue weighted by Crippen LogP contribution is -2.28. The molecule has 0 aliphatic carbocycles. The van der Waals surface area contributed by atoms with Crippen LogP contribution in [0.25, 0.3) is 0 Å². The molecule has 110 valence electrons. The quantitative estimate of drug-likeness (QED) is 0.784. The Hall–Kier alpha value is -2.01. The fraction of sp³-hybridized carbons (Fsp3) is 0.250. The van der Waals surface area contributed by atoms with Crippen molar-refractivity contribution in [2.75, 3.05) is 13.2 Å². The van der Waals surface area contributed by atoms with E-state index in [2.05, 4.69) is 11.9 Å². The van der Waals surface area contributed by atoms with Crippen molar-refractivity contribution < 1.29 is 14.3 Å². The predicted molar refractivity (Wildman–Crippen MR) is 83.8 cm³/mol. The summed E-state index contributed by atoms with van der Waals surface area (Å²) in [5.41, 5.74) is 1.13. The summed E-state index contributed by atoms with van der Waals surface area (Å²) in [6, 6.07) is 9.90. The molecule has 1 unspecified atom stereocenters. The molecule has 1 aliphatic heterocycles. The molecule has 2 rings (SSSR count). The number of ether oxygens (including phenoxy) is 1. The van der Waals surface area contributed by atoms with E-state index in [-0.39, 0.29) is 22.9 Å². The average molecular weight is 303 g/mol. The van der Waals surface area contributed by atoms with E-state index in [9.17, 15) is 9.59 Å². The fourth-order valence-electron chi connectivity index (χ4n) is 1.93. The topological polar surface area (TPSA) is 55.4 Å². The first-order valence-corrected chi connectivity index (χ1v) is 7.53. The van der Waals surface area contributed by atoms with Crippen LogP contribution in [0.5, 0.6) is 0 Å². The van der Waals surface area contributed by atoms with Gasteiger partial charge in [0.2, 0.25) is 5.12 Å².